The van der Waals surface area contributed by atoms with Crippen LogP contribution in [0.5, 0.6) is 0 Å². The summed E-state index contributed by atoms with van der Waals surface area (Å²) in [6.45, 7) is 3.68. The lowest BCUT2D eigenvalue weighted by Crippen LogP contribution is -2.47. The maximum Gasteiger partial charge on any atom is 0.417 e. The van der Waals surface area contributed by atoms with Gasteiger partial charge in [-0.3, -0.25) is 0 Å². The van der Waals surface area contributed by atoms with Gasteiger partial charge < -0.3 is 5.11 Å². The van der Waals surface area contributed by atoms with E-state index in [4.69, 9.17) is 0 Å². The van der Waals surface area contributed by atoms with Crippen LogP contribution in [0.4, 0.5) is 13.2 Å². The molecule has 1 fully saturated rings. The Hall–Kier alpha value is -0.200. The second-order valence-electron chi connectivity index (χ2n) is 5.24. The van der Waals surface area contributed by atoms with Crippen molar-refractivity contribution in [2.75, 3.05) is 11.5 Å². The molecule has 6 heteroatoms. The molecule has 0 radical (unpaired) electrons. The van der Waals surface area contributed by atoms with Crippen LogP contribution in [-0.2, 0) is 11.8 Å². The molecule has 0 saturated carbocycles. The summed E-state index contributed by atoms with van der Waals surface area (Å²) in [5, 5.41) is 13.3. The summed E-state index contributed by atoms with van der Waals surface area (Å²) in [6.07, 6.45) is -3.69. The van der Waals surface area contributed by atoms with Gasteiger partial charge in [0.2, 0.25) is 0 Å². The van der Waals surface area contributed by atoms with Crippen LogP contribution < -0.4 is 0 Å². The van der Waals surface area contributed by atoms with Crippen LogP contribution in [0.2, 0.25) is 0 Å². The molecule has 102 valence electrons. The highest BCUT2D eigenvalue weighted by Crippen LogP contribution is 2.52. The van der Waals surface area contributed by atoms with Gasteiger partial charge in [-0.05, 0) is 23.0 Å². The summed E-state index contributed by atoms with van der Waals surface area (Å²) >= 11 is 2.51. The highest BCUT2D eigenvalue weighted by molar-refractivity contribution is 7.99. The number of rotatable bonds is 1. The normalized spacial score (nSPS) is 28.3. The van der Waals surface area contributed by atoms with E-state index >= 15 is 0 Å². The van der Waals surface area contributed by atoms with Crippen LogP contribution in [-0.4, -0.2) is 16.6 Å². The quantitative estimate of drug-likeness (QED) is 0.841. The van der Waals surface area contributed by atoms with Gasteiger partial charge in [-0.1, -0.05) is 13.8 Å². The molecule has 0 spiro atoms. The number of alkyl halides is 3. The molecule has 1 aliphatic rings. The molecule has 0 amide bonds. The largest absolute Gasteiger partial charge is 0.417 e. The zero-order valence-corrected chi connectivity index (χ0v) is 11.8. The standard InChI is InChI=1S/C12H15F3OS2/c1-10(2)3-4-17-7-11(10,16)8-5-18-6-9(8)12(13,14)15/h5-6,16H,3-4,7H2,1-2H3. The van der Waals surface area contributed by atoms with Gasteiger partial charge >= 0.3 is 6.18 Å². The fraction of sp³-hybridized carbons (Fsp3) is 0.667. The lowest BCUT2D eigenvalue weighted by Gasteiger charge is -2.46. The molecule has 1 unspecified atom stereocenters. The topological polar surface area (TPSA) is 20.2 Å². The predicted octanol–water partition coefficient (Wildman–Crippen LogP) is 4.12. The lowest BCUT2D eigenvalue weighted by molar-refractivity contribution is -0.143. The third-order valence-electron chi connectivity index (χ3n) is 3.71. The summed E-state index contributed by atoms with van der Waals surface area (Å²) in [5.74, 6) is 1.20. The Kier molecular flexibility index (Phi) is 3.49. The van der Waals surface area contributed by atoms with Crippen LogP contribution in [0.25, 0.3) is 0 Å². The zero-order valence-electron chi connectivity index (χ0n) is 10.2. The molecule has 1 aromatic rings. The number of thioether (sulfide) groups is 1. The maximum atomic E-state index is 12.9. The molecule has 1 N–H and O–H groups in total. The monoisotopic (exact) mass is 296 g/mol. The smallest absolute Gasteiger partial charge is 0.384 e. The first-order chi connectivity index (χ1) is 8.18. The number of hydrogen-bond acceptors (Lipinski definition) is 3. The Bertz CT molecular complexity index is 439. The van der Waals surface area contributed by atoms with Crippen molar-refractivity contribution in [3.8, 4) is 0 Å². The zero-order chi connectivity index (χ0) is 13.6. The van der Waals surface area contributed by atoms with Gasteiger partial charge in [-0.25, -0.2) is 0 Å². The molecule has 1 nitrogen and oxygen atoms in total. The molecular formula is C12H15F3OS2. The van der Waals surface area contributed by atoms with Crippen LogP contribution in [0.1, 0.15) is 31.4 Å². The van der Waals surface area contributed by atoms with Crippen molar-refractivity contribution in [2.24, 2.45) is 5.41 Å². The van der Waals surface area contributed by atoms with Gasteiger partial charge in [0.1, 0.15) is 5.60 Å². The fourth-order valence-corrected chi connectivity index (χ4v) is 4.79. The van der Waals surface area contributed by atoms with Crippen LogP contribution in [0.3, 0.4) is 0 Å². The van der Waals surface area contributed by atoms with Gasteiger partial charge in [0.25, 0.3) is 0 Å². The van der Waals surface area contributed by atoms with Gasteiger partial charge in [0.05, 0.1) is 5.56 Å². The van der Waals surface area contributed by atoms with Gasteiger partial charge in [0, 0.05) is 16.7 Å². The molecule has 0 bridgehead atoms. The maximum absolute atomic E-state index is 12.9. The third kappa shape index (κ3) is 2.18. The average Bonchev–Trinajstić information content (AvgIpc) is 2.71. The van der Waals surface area contributed by atoms with Gasteiger partial charge in [0.15, 0.2) is 0 Å². The highest BCUT2D eigenvalue weighted by Gasteiger charge is 2.51. The minimum absolute atomic E-state index is 0.0391. The summed E-state index contributed by atoms with van der Waals surface area (Å²) in [4.78, 5) is 0. The Morgan fingerprint density at radius 2 is 1.94 bits per heavy atom. The molecule has 1 aromatic heterocycles. The number of hydrogen-bond donors (Lipinski definition) is 1. The summed E-state index contributed by atoms with van der Waals surface area (Å²) in [7, 11) is 0. The summed E-state index contributed by atoms with van der Waals surface area (Å²) < 4.78 is 38.8. The van der Waals surface area contributed by atoms with E-state index in [-0.39, 0.29) is 5.56 Å². The SMILES string of the molecule is CC1(C)CCSCC1(O)c1cscc1C(F)(F)F. The van der Waals surface area contributed by atoms with Crippen molar-refractivity contribution in [2.45, 2.75) is 32.0 Å². The molecule has 0 aliphatic carbocycles. The predicted molar refractivity (Wildman–Crippen MR) is 68.9 cm³/mol. The van der Waals surface area contributed by atoms with Crippen molar-refractivity contribution in [3.05, 3.63) is 21.9 Å². The van der Waals surface area contributed by atoms with Crippen molar-refractivity contribution >= 4 is 23.1 Å². The van der Waals surface area contributed by atoms with Crippen molar-refractivity contribution in [3.63, 3.8) is 0 Å². The van der Waals surface area contributed by atoms with Crippen molar-refractivity contribution in [1.82, 2.24) is 0 Å². The molecule has 1 saturated heterocycles. The Morgan fingerprint density at radius 3 is 2.50 bits per heavy atom. The van der Waals surface area contributed by atoms with E-state index in [1.165, 1.54) is 17.1 Å². The van der Waals surface area contributed by atoms with Crippen LogP contribution in [0.15, 0.2) is 10.8 Å². The van der Waals surface area contributed by atoms with Crippen molar-refractivity contribution < 1.29 is 18.3 Å². The molecule has 1 atom stereocenters. The Balaban J connectivity index is 2.50. The molecule has 2 heterocycles. The van der Waals surface area contributed by atoms with E-state index in [9.17, 15) is 18.3 Å². The Morgan fingerprint density at radius 1 is 1.28 bits per heavy atom. The molecule has 18 heavy (non-hydrogen) atoms. The number of halogens is 3. The first-order valence-corrected chi connectivity index (χ1v) is 7.72. The molecule has 1 aliphatic heterocycles. The fourth-order valence-electron chi connectivity index (χ4n) is 2.23. The summed E-state index contributed by atoms with van der Waals surface area (Å²) in [5.41, 5.74) is -2.59. The second-order valence-corrected chi connectivity index (χ2v) is 7.09. The first-order valence-electron chi connectivity index (χ1n) is 5.62. The number of thiophene rings is 1. The van der Waals surface area contributed by atoms with Crippen LogP contribution >= 0.6 is 23.1 Å². The van der Waals surface area contributed by atoms with Gasteiger partial charge in [-0.15, -0.1) is 0 Å². The molecule has 2 rings (SSSR count). The first kappa shape index (κ1) is 14.2. The highest BCUT2D eigenvalue weighted by atomic mass is 32.2. The number of aliphatic hydroxyl groups is 1. The van der Waals surface area contributed by atoms with E-state index in [2.05, 4.69) is 0 Å². The van der Waals surface area contributed by atoms with E-state index in [1.54, 1.807) is 0 Å². The van der Waals surface area contributed by atoms with Crippen LogP contribution in [0, 0.1) is 5.41 Å². The van der Waals surface area contributed by atoms with E-state index < -0.39 is 22.8 Å². The molecule has 0 aromatic carbocycles. The van der Waals surface area contributed by atoms with Gasteiger partial charge in [-0.2, -0.15) is 36.3 Å². The minimum atomic E-state index is -4.40. The van der Waals surface area contributed by atoms with E-state index in [1.807, 2.05) is 13.8 Å². The minimum Gasteiger partial charge on any atom is -0.384 e. The third-order valence-corrected chi connectivity index (χ3v) is 5.57. The van der Waals surface area contributed by atoms with E-state index in [0.717, 1.165) is 22.5 Å². The second kappa shape index (κ2) is 4.42. The molecular weight excluding hydrogens is 281 g/mol. The lowest BCUT2D eigenvalue weighted by atomic mass is 9.69. The van der Waals surface area contributed by atoms with E-state index in [0.29, 0.717) is 12.2 Å². The van der Waals surface area contributed by atoms with Crippen molar-refractivity contribution in [1.29, 1.82) is 0 Å². The Labute approximate surface area is 112 Å². The average molecular weight is 296 g/mol. The summed E-state index contributed by atoms with van der Waals surface area (Å²) in [6, 6.07) is 0.